The molecule has 0 saturated heterocycles. The highest BCUT2D eigenvalue weighted by atomic mass is 15.1. The smallest absolute Gasteiger partial charge is 0.0733 e. The fourth-order valence-corrected chi connectivity index (χ4v) is 15.6. The van der Waals surface area contributed by atoms with E-state index >= 15 is 0 Å². The topological polar surface area (TPSA) is 13.1 Å². The minimum atomic E-state index is -0.424. The van der Waals surface area contributed by atoms with Crippen molar-refractivity contribution in [2.45, 2.75) is 5.41 Å². The molecule has 1 spiro atoms. The second kappa shape index (κ2) is 17.9. The first-order valence-corrected chi connectivity index (χ1v) is 29.9. The lowest BCUT2D eigenvalue weighted by molar-refractivity contribution is 0.953. The fraction of sp³-hybridized carbons (Fsp3) is 0.0120. The average Bonchev–Trinajstić information content (AvgIpc) is 1.46. The van der Waals surface area contributed by atoms with E-state index < -0.39 is 5.41 Å². The van der Waals surface area contributed by atoms with Crippen LogP contribution in [0.4, 0.5) is 17.1 Å². The SMILES string of the molecule is c1ccc(-c2cccc3c2C32c3cccc4c3-c3c2c(-c2ccc(-c5cccc(N(c6cccc(-c7cccc8ccccc78)c6)c6cccc(-n7c8ccccc8c8ccccc87)c6)c5)cc2)cc2c5ccccc5n(c32)-c2ccccc2-4)cc1. The van der Waals surface area contributed by atoms with Gasteiger partial charge >= 0.3 is 0 Å². The highest BCUT2D eigenvalue weighted by Crippen LogP contribution is 2.72. The number of nitrogens with zero attached hydrogens (tertiary/aromatic N) is 3. The summed E-state index contributed by atoms with van der Waals surface area (Å²) in [7, 11) is 0. The van der Waals surface area contributed by atoms with Gasteiger partial charge in [0.2, 0.25) is 0 Å². The summed E-state index contributed by atoms with van der Waals surface area (Å²) < 4.78 is 4.99. The van der Waals surface area contributed by atoms with E-state index in [1.807, 2.05) is 0 Å². The maximum absolute atomic E-state index is 2.58. The highest BCUT2D eigenvalue weighted by Gasteiger charge is 2.62. The lowest BCUT2D eigenvalue weighted by Crippen LogP contribution is -2.11. The molecular weight excluding hydrogens is 1040 g/mol. The molecule has 3 heteroatoms. The van der Waals surface area contributed by atoms with E-state index in [1.54, 1.807) is 0 Å². The van der Waals surface area contributed by atoms with Gasteiger partial charge in [-0.25, -0.2) is 0 Å². The van der Waals surface area contributed by atoms with Crippen molar-refractivity contribution in [3.63, 3.8) is 0 Å². The summed E-state index contributed by atoms with van der Waals surface area (Å²) in [5.74, 6) is 0. The van der Waals surface area contributed by atoms with Gasteiger partial charge in [0, 0.05) is 55.4 Å². The molecule has 86 heavy (non-hydrogen) atoms. The third-order valence-corrected chi connectivity index (χ3v) is 19.1. The molecule has 2 aliphatic carbocycles. The van der Waals surface area contributed by atoms with Crippen molar-refractivity contribution in [3.8, 4) is 78.1 Å². The molecule has 16 aromatic rings. The van der Waals surface area contributed by atoms with Crippen LogP contribution in [0.5, 0.6) is 0 Å². The van der Waals surface area contributed by atoms with E-state index in [0.29, 0.717) is 0 Å². The number of benzene rings is 14. The molecule has 1 atom stereocenters. The fourth-order valence-electron chi connectivity index (χ4n) is 15.6. The molecule has 3 nitrogen and oxygen atoms in total. The number of para-hydroxylation sites is 4. The second-order valence-corrected chi connectivity index (χ2v) is 23.4. The summed E-state index contributed by atoms with van der Waals surface area (Å²) in [6, 6.07) is 115. The molecule has 0 N–H and O–H groups in total. The van der Waals surface area contributed by atoms with Crippen LogP contribution in [-0.2, 0) is 5.41 Å². The van der Waals surface area contributed by atoms with Crippen LogP contribution in [0.2, 0.25) is 0 Å². The second-order valence-electron chi connectivity index (χ2n) is 23.4. The van der Waals surface area contributed by atoms with Gasteiger partial charge in [0.1, 0.15) is 0 Å². The van der Waals surface area contributed by atoms with Gasteiger partial charge in [0.15, 0.2) is 0 Å². The van der Waals surface area contributed by atoms with Crippen LogP contribution in [0.3, 0.4) is 0 Å². The van der Waals surface area contributed by atoms with Crippen LogP contribution in [-0.4, -0.2) is 9.13 Å². The number of hydrogen-bond donors (Lipinski definition) is 0. The van der Waals surface area contributed by atoms with E-state index in [4.69, 9.17) is 0 Å². The van der Waals surface area contributed by atoms with Crippen LogP contribution < -0.4 is 4.90 Å². The number of aromatic nitrogens is 2. The van der Waals surface area contributed by atoms with Gasteiger partial charge in [-0.05, 0) is 161 Å². The summed E-state index contributed by atoms with van der Waals surface area (Å²) >= 11 is 0. The Hall–Kier alpha value is -11.3. The molecule has 0 fully saturated rings. The Morgan fingerprint density at radius 2 is 0.779 bits per heavy atom. The maximum atomic E-state index is 2.58. The van der Waals surface area contributed by atoms with Gasteiger partial charge < -0.3 is 14.0 Å². The van der Waals surface area contributed by atoms with Gasteiger partial charge in [0.05, 0.1) is 33.2 Å². The van der Waals surface area contributed by atoms with E-state index in [1.165, 1.54) is 138 Å². The van der Waals surface area contributed by atoms with Crippen molar-refractivity contribution in [1.29, 1.82) is 0 Å². The zero-order chi connectivity index (χ0) is 56.2. The van der Waals surface area contributed by atoms with Crippen molar-refractivity contribution >= 4 is 71.4 Å². The van der Waals surface area contributed by atoms with E-state index in [-0.39, 0.29) is 0 Å². The van der Waals surface area contributed by atoms with Gasteiger partial charge in [-0.15, -0.1) is 0 Å². The van der Waals surface area contributed by atoms with Crippen LogP contribution in [0.1, 0.15) is 22.3 Å². The molecule has 0 radical (unpaired) electrons. The average molecular weight is 1090 g/mol. The molecule has 1 unspecified atom stereocenters. The predicted octanol–water partition coefficient (Wildman–Crippen LogP) is 21.8. The highest BCUT2D eigenvalue weighted by molar-refractivity contribution is 6.22. The largest absolute Gasteiger partial charge is 0.310 e. The summed E-state index contributed by atoms with van der Waals surface area (Å²) in [4.78, 5) is 2.44. The van der Waals surface area contributed by atoms with Crippen molar-refractivity contribution in [1.82, 2.24) is 9.13 Å². The zero-order valence-electron chi connectivity index (χ0n) is 46.8. The van der Waals surface area contributed by atoms with Gasteiger partial charge in [-0.3, -0.25) is 0 Å². The molecule has 14 aromatic carbocycles. The van der Waals surface area contributed by atoms with E-state index in [2.05, 4.69) is 323 Å². The first-order chi connectivity index (χ1) is 42.7. The normalized spacial score (nSPS) is 14.1. The van der Waals surface area contributed by atoms with Crippen molar-refractivity contribution in [3.05, 3.63) is 332 Å². The minimum Gasteiger partial charge on any atom is -0.310 e. The van der Waals surface area contributed by atoms with Crippen LogP contribution in [0.15, 0.2) is 309 Å². The number of anilines is 3. The number of hydrogen-bond acceptors (Lipinski definition) is 1. The molecule has 2 aromatic heterocycles. The third kappa shape index (κ3) is 6.51. The van der Waals surface area contributed by atoms with Gasteiger partial charge in [-0.1, -0.05) is 237 Å². The van der Waals surface area contributed by atoms with Gasteiger partial charge in [0.25, 0.3) is 0 Å². The van der Waals surface area contributed by atoms with Crippen molar-refractivity contribution < 1.29 is 0 Å². The van der Waals surface area contributed by atoms with Crippen molar-refractivity contribution in [2.75, 3.05) is 4.90 Å². The molecule has 3 aliphatic rings. The quantitative estimate of drug-likeness (QED) is 0.148. The number of fused-ring (bicyclic) bond motifs is 15. The Morgan fingerprint density at radius 3 is 1.55 bits per heavy atom. The lowest BCUT2D eigenvalue weighted by atomic mass is 9.82. The Morgan fingerprint density at radius 1 is 0.267 bits per heavy atom. The standard InChI is InChI=1S/C83H51N3/c1-2-20-54(21-3-1)64-36-18-39-73-80(64)83(73)72-38-19-37-69-67-33-8-12-42-76(67)86-77-43-13-9-34-68(77)71-51-70(81(83)79(78(69)72)82(71)86)55-46-44-52(45-47-55)56-24-14-26-58(48-56)84(59-27-15-25-57(49-59)63-35-16-23-53-22-4-5-30-62(53)63)60-28-17-29-61(50-60)85-74-40-10-6-31-65(74)66-32-7-11-41-75(66)85/h1-51H. The zero-order valence-corrected chi connectivity index (χ0v) is 46.8. The first kappa shape index (κ1) is 47.3. The minimum absolute atomic E-state index is 0.424. The summed E-state index contributed by atoms with van der Waals surface area (Å²) in [6.45, 7) is 0. The summed E-state index contributed by atoms with van der Waals surface area (Å²) in [6.07, 6.45) is 0. The summed E-state index contributed by atoms with van der Waals surface area (Å²) in [5.41, 5.74) is 30.6. The van der Waals surface area contributed by atoms with Crippen LogP contribution >= 0.6 is 0 Å². The molecule has 398 valence electrons. The predicted molar refractivity (Wildman–Crippen MR) is 359 cm³/mol. The van der Waals surface area contributed by atoms with Gasteiger partial charge in [-0.2, -0.15) is 0 Å². The molecule has 0 bridgehead atoms. The van der Waals surface area contributed by atoms with E-state index in [9.17, 15) is 0 Å². The molecule has 1 aliphatic heterocycles. The van der Waals surface area contributed by atoms with Crippen molar-refractivity contribution in [2.24, 2.45) is 0 Å². The molecule has 3 heterocycles. The Labute approximate surface area is 497 Å². The lowest BCUT2D eigenvalue weighted by Gasteiger charge is -2.27. The Kier molecular flexibility index (Phi) is 9.82. The van der Waals surface area contributed by atoms with Crippen LogP contribution in [0, 0.1) is 0 Å². The molecule has 19 rings (SSSR count). The maximum Gasteiger partial charge on any atom is 0.0733 e. The van der Waals surface area contributed by atoms with Crippen LogP contribution in [0.25, 0.3) is 133 Å². The Balaban J connectivity index is 0.793. The summed E-state index contributed by atoms with van der Waals surface area (Å²) in [5, 5.41) is 7.50. The Bertz CT molecular complexity index is 5490. The van der Waals surface area contributed by atoms with E-state index in [0.717, 1.165) is 33.9 Å². The molecule has 0 amide bonds. The third-order valence-electron chi connectivity index (χ3n) is 19.1. The number of rotatable bonds is 8. The first-order valence-electron chi connectivity index (χ1n) is 29.9. The monoisotopic (exact) mass is 1090 g/mol. The molecular formula is C83H51N3. The molecule has 0 saturated carbocycles.